The third kappa shape index (κ3) is 3.49. The first-order valence-electron chi connectivity index (χ1n) is 6.78. The molecule has 2 rings (SSSR count). The number of nitriles is 1. The minimum absolute atomic E-state index is 0.142. The quantitative estimate of drug-likeness (QED) is 0.815. The summed E-state index contributed by atoms with van der Waals surface area (Å²) in [6, 6.07) is 9.44. The molecule has 0 aliphatic carbocycles. The average Bonchev–Trinajstić information content (AvgIpc) is 2.47. The molecule has 106 valence electrons. The maximum absolute atomic E-state index is 12.2. The molecule has 0 atom stereocenters. The molecule has 0 radical (unpaired) electrons. The second-order valence-corrected chi connectivity index (χ2v) is 5.20. The summed E-state index contributed by atoms with van der Waals surface area (Å²) in [4.78, 5) is 18.3. The summed E-state index contributed by atoms with van der Waals surface area (Å²) < 4.78 is 0. The fourth-order valence-electron chi connectivity index (χ4n) is 2.26. The van der Waals surface area contributed by atoms with Crippen LogP contribution in [0.5, 0.6) is 0 Å². The van der Waals surface area contributed by atoms with Gasteiger partial charge in [-0.15, -0.1) is 0 Å². The molecule has 5 nitrogen and oxygen atoms in total. The Morgan fingerprint density at radius 3 is 2.70 bits per heavy atom. The molecule has 0 aromatic heterocycles. The van der Waals surface area contributed by atoms with Crippen molar-refractivity contribution in [1.82, 2.24) is 9.80 Å². The summed E-state index contributed by atoms with van der Waals surface area (Å²) in [5.74, 6) is 0.142. The molecular formula is C15H20N4O. The number of piperazine rings is 1. The van der Waals surface area contributed by atoms with Gasteiger partial charge in [0.15, 0.2) is 0 Å². The van der Waals surface area contributed by atoms with Crippen molar-refractivity contribution in [3.63, 3.8) is 0 Å². The second-order valence-electron chi connectivity index (χ2n) is 5.20. The Kier molecular flexibility index (Phi) is 4.59. The summed E-state index contributed by atoms with van der Waals surface area (Å²) in [7, 11) is 3.95. The fourth-order valence-corrected chi connectivity index (χ4v) is 2.26. The van der Waals surface area contributed by atoms with Gasteiger partial charge < -0.3 is 14.7 Å². The van der Waals surface area contributed by atoms with E-state index in [1.165, 1.54) is 0 Å². The van der Waals surface area contributed by atoms with Gasteiger partial charge in [0.1, 0.15) is 0 Å². The van der Waals surface area contributed by atoms with E-state index in [9.17, 15) is 4.79 Å². The van der Waals surface area contributed by atoms with Gasteiger partial charge >= 0.3 is 0 Å². The van der Waals surface area contributed by atoms with Crippen molar-refractivity contribution in [3.05, 3.63) is 29.8 Å². The largest absolute Gasteiger partial charge is 0.365 e. The van der Waals surface area contributed by atoms with Gasteiger partial charge in [0, 0.05) is 38.9 Å². The smallest absolute Gasteiger partial charge is 0.242 e. The number of likely N-dealkylation sites (N-methyl/N-ethyl adjacent to an activating group) is 2. The molecule has 1 aliphatic heterocycles. The average molecular weight is 272 g/mol. The lowest BCUT2D eigenvalue weighted by atomic mass is 10.2. The van der Waals surface area contributed by atoms with E-state index in [1.54, 1.807) is 12.1 Å². The van der Waals surface area contributed by atoms with Gasteiger partial charge in [-0.1, -0.05) is 6.07 Å². The van der Waals surface area contributed by atoms with Crippen LogP contribution < -0.4 is 4.90 Å². The summed E-state index contributed by atoms with van der Waals surface area (Å²) in [6.45, 7) is 3.79. The van der Waals surface area contributed by atoms with Crippen LogP contribution in [0.1, 0.15) is 5.56 Å². The Bertz CT molecular complexity index is 515. The van der Waals surface area contributed by atoms with Crippen molar-refractivity contribution in [2.75, 3.05) is 51.7 Å². The number of carbonyl (C=O) groups excluding carboxylic acids is 1. The highest BCUT2D eigenvalue weighted by molar-refractivity contribution is 5.81. The lowest BCUT2D eigenvalue weighted by Gasteiger charge is -2.33. The number of hydrogen-bond acceptors (Lipinski definition) is 4. The zero-order chi connectivity index (χ0) is 14.5. The molecule has 0 unspecified atom stereocenters. The first kappa shape index (κ1) is 14.4. The van der Waals surface area contributed by atoms with E-state index in [4.69, 9.17) is 5.26 Å². The molecule has 1 heterocycles. The predicted octanol–water partition coefficient (Wildman–Crippen LogP) is 0.768. The molecule has 1 aliphatic rings. The summed E-state index contributed by atoms with van der Waals surface area (Å²) in [5.41, 5.74) is 1.51. The van der Waals surface area contributed by atoms with E-state index in [2.05, 4.69) is 18.0 Å². The van der Waals surface area contributed by atoms with Gasteiger partial charge in [-0.05, 0) is 25.2 Å². The van der Waals surface area contributed by atoms with E-state index in [1.807, 2.05) is 29.0 Å². The number of anilines is 1. The zero-order valence-corrected chi connectivity index (χ0v) is 12.0. The van der Waals surface area contributed by atoms with Crippen molar-refractivity contribution in [2.24, 2.45) is 0 Å². The van der Waals surface area contributed by atoms with Crippen molar-refractivity contribution < 1.29 is 4.79 Å². The van der Waals surface area contributed by atoms with E-state index in [-0.39, 0.29) is 5.91 Å². The molecule has 1 saturated heterocycles. The minimum atomic E-state index is 0.142. The molecule has 5 heteroatoms. The molecule has 0 saturated carbocycles. The van der Waals surface area contributed by atoms with Gasteiger partial charge in [0.25, 0.3) is 0 Å². The SMILES string of the molecule is CN1CCN(C(=O)CN(C)c2cccc(C#N)c2)CC1. The Hall–Kier alpha value is -2.06. The molecule has 0 spiro atoms. The molecule has 0 bridgehead atoms. The number of benzene rings is 1. The summed E-state index contributed by atoms with van der Waals surface area (Å²) in [6.07, 6.45) is 0. The van der Waals surface area contributed by atoms with E-state index in [0.717, 1.165) is 31.9 Å². The third-order valence-electron chi connectivity index (χ3n) is 3.64. The topological polar surface area (TPSA) is 50.6 Å². The number of amides is 1. The second kappa shape index (κ2) is 6.40. The van der Waals surface area contributed by atoms with Crippen LogP contribution in [0, 0.1) is 11.3 Å². The molecule has 1 aromatic carbocycles. The molecular weight excluding hydrogens is 252 g/mol. The summed E-state index contributed by atoms with van der Waals surface area (Å²) >= 11 is 0. The highest BCUT2D eigenvalue weighted by Gasteiger charge is 2.20. The predicted molar refractivity (Wildman–Crippen MR) is 78.5 cm³/mol. The minimum Gasteiger partial charge on any atom is -0.365 e. The van der Waals surface area contributed by atoms with Gasteiger partial charge in [-0.3, -0.25) is 4.79 Å². The van der Waals surface area contributed by atoms with Gasteiger partial charge in [-0.25, -0.2) is 0 Å². The monoisotopic (exact) mass is 272 g/mol. The highest BCUT2D eigenvalue weighted by atomic mass is 16.2. The molecule has 1 aromatic rings. The molecule has 1 fully saturated rings. The van der Waals surface area contributed by atoms with Gasteiger partial charge in [-0.2, -0.15) is 5.26 Å². The van der Waals surface area contributed by atoms with Crippen LogP contribution in [0.2, 0.25) is 0 Å². The van der Waals surface area contributed by atoms with Gasteiger partial charge in [0.2, 0.25) is 5.91 Å². The number of hydrogen-bond donors (Lipinski definition) is 0. The van der Waals surface area contributed by atoms with E-state index >= 15 is 0 Å². The van der Waals surface area contributed by atoms with Crippen molar-refractivity contribution in [2.45, 2.75) is 0 Å². The number of nitrogens with zero attached hydrogens (tertiary/aromatic N) is 4. The Labute approximate surface area is 120 Å². The maximum Gasteiger partial charge on any atom is 0.242 e. The van der Waals surface area contributed by atoms with Crippen molar-refractivity contribution in [3.8, 4) is 6.07 Å². The molecule has 0 N–H and O–H groups in total. The lowest BCUT2D eigenvalue weighted by molar-refractivity contribution is -0.131. The fraction of sp³-hybridized carbons (Fsp3) is 0.467. The van der Waals surface area contributed by atoms with Crippen molar-refractivity contribution >= 4 is 11.6 Å². The maximum atomic E-state index is 12.2. The van der Waals surface area contributed by atoms with Crippen LogP contribution >= 0.6 is 0 Å². The van der Waals surface area contributed by atoms with Gasteiger partial charge in [0.05, 0.1) is 18.2 Å². The lowest BCUT2D eigenvalue weighted by Crippen LogP contribution is -2.49. The van der Waals surface area contributed by atoms with E-state index < -0.39 is 0 Å². The van der Waals surface area contributed by atoms with Crippen LogP contribution in [-0.2, 0) is 4.79 Å². The van der Waals surface area contributed by atoms with E-state index in [0.29, 0.717) is 12.1 Å². The van der Waals surface area contributed by atoms with Crippen LogP contribution in [0.4, 0.5) is 5.69 Å². The number of rotatable bonds is 3. The molecule has 20 heavy (non-hydrogen) atoms. The number of carbonyl (C=O) groups is 1. The van der Waals surface area contributed by atoms with Crippen LogP contribution in [0.25, 0.3) is 0 Å². The third-order valence-corrected chi connectivity index (χ3v) is 3.64. The van der Waals surface area contributed by atoms with Crippen LogP contribution in [0.3, 0.4) is 0 Å². The standard InChI is InChI=1S/C15H20N4O/c1-17-6-8-19(9-7-17)15(20)12-18(2)14-5-3-4-13(10-14)11-16/h3-5,10H,6-9,12H2,1-2H3. The summed E-state index contributed by atoms with van der Waals surface area (Å²) in [5, 5.41) is 8.91. The zero-order valence-electron chi connectivity index (χ0n) is 12.0. The first-order valence-corrected chi connectivity index (χ1v) is 6.78. The van der Waals surface area contributed by atoms with Crippen LogP contribution in [-0.4, -0.2) is 62.5 Å². The first-order chi connectivity index (χ1) is 9.60. The Morgan fingerprint density at radius 2 is 2.05 bits per heavy atom. The highest BCUT2D eigenvalue weighted by Crippen LogP contribution is 2.14. The Morgan fingerprint density at radius 1 is 1.35 bits per heavy atom. The molecule has 1 amide bonds. The van der Waals surface area contributed by atoms with Crippen molar-refractivity contribution in [1.29, 1.82) is 5.26 Å². The van der Waals surface area contributed by atoms with Crippen LogP contribution in [0.15, 0.2) is 24.3 Å². The Balaban J connectivity index is 1.95. The normalized spacial score (nSPS) is 15.8.